The highest BCUT2D eigenvalue weighted by Gasteiger charge is 2.17. The number of imidazole rings is 1. The zero-order valence-electron chi connectivity index (χ0n) is 17.4. The van der Waals surface area contributed by atoms with E-state index in [1.54, 1.807) is 12.4 Å². The molecule has 0 spiro atoms. The summed E-state index contributed by atoms with van der Waals surface area (Å²) in [5, 5.41) is 0. The Kier molecular flexibility index (Phi) is 5.97. The van der Waals surface area contributed by atoms with Crippen molar-refractivity contribution in [3.63, 3.8) is 0 Å². The Morgan fingerprint density at radius 2 is 1.55 bits per heavy atom. The van der Waals surface area contributed by atoms with Gasteiger partial charge in [-0.15, -0.1) is 0 Å². The lowest BCUT2D eigenvalue weighted by Gasteiger charge is -2.10. The molecule has 0 radical (unpaired) electrons. The van der Waals surface area contributed by atoms with Gasteiger partial charge >= 0.3 is 0 Å². The molecule has 4 rings (SSSR count). The average molecular weight is 433 g/mol. The molecule has 0 amide bonds. The molecule has 158 valence electrons. The lowest BCUT2D eigenvalue weighted by atomic mass is 10.0. The summed E-state index contributed by atoms with van der Waals surface area (Å²) in [7, 11) is -3.37. The Labute approximate surface area is 182 Å². The Morgan fingerprint density at radius 1 is 0.871 bits per heavy atom. The Balaban J connectivity index is 1.71. The first-order valence-electron chi connectivity index (χ1n) is 10.1. The van der Waals surface area contributed by atoms with Crippen LogP contribution in [0.4, 0.5) is 0 Å². The zero-order chi connectivity index (χ0) is 21.8. The van der Waals surface area contributed by atoms with Gasteiger partial charge in [-0.1, -0.05) is 54.6 Å². The maximum Gasteiger partial charge on any atom is 0.216 e. The minimum atomic E-state index is -3.37. The summed E-state index contributed by atoms with van der Waals surface area (Å²) in [6.45, 7) is 3.62. The quantitative estimate of drug-likeness (QED) is 0.446. The number of hydrogen-bond acceptors (Lipinski definition) is 4. The van der Waals surface area contributed by atoms with Crippen LogP contribution in [0.25, 0.3) is 33.9 Å². The van der Waals surface area contributed by atoms with Crippen molar-refractivity contribution in [3.8, 4) is 33.9 Å². The maximum absolute atomic E-state index is 12.2. The van der Waals surface area contributed by atoms with Crippen molar-refractivity contribution in [1.82, 2.24) is 19.7 Å². The van der Waals surface area contributed by atoms with E-state index in [9.17, 15) is 8.42 Å². The van der Waals surface area contributed by atoms with Gasteiger partial charge in [0.1, 0.15) is 5.82 Å². The van der Waals surface area contributed by atoms with Gasteiger partial charge in [-0.3, -0.25) is 4.98 Å². The molecule has 0 saturated heterocycles. The molecule has 0 aliphatic carbocycles. The zero-order valence-corrected chi connectivity index (χ0v) is 18.2. The minimum Gasteiger partial charge on any atom is -0.337 e. The Morgan fingerprint density at radius 3 is 2.19 bits per heavy atom. The number of nitrogens with one attached hydrogen (secondary N) is 2. The van der Waals surface area contributed by atoms with E-state index >= 15 is 0 Å². The second-order valence-electron chi connectivity index (χ2n) is 7.64. The van der Waals surface area contributed by atoms with Crippen molar-refractivity contribution in [2.75, 3.05) is 0 Å². The van der Waals surface area contributed by atoms with Crippen LogP contribution in [0.1, 0.15) is 19.4 Å². The fourth-order valence-corrected chi connectivity index (χ4v) is 4.85. The van der Waals surface area contributed by atoms with E-state index in [2.05, 4.69) is 14.7 Å². The molecule has 0 bridgehead atoms. The van der Waals surface area contributed by atoms with Crippen LogP contribution in [-0.2, 0) is 15.8 Å². The predicted molar refractivity (Wildman–Crippen MR) is 124 cm³/mol. The second kappa shape index (κ2) is 8.83. The van der Waals surface area contributed by atoms with Crippen molar-refractivity contribution < 1.29 is 8.42 Å². The summed E-state index contributed by atoms with van der Waals surface area (Å²) in [6.07, 6.45) is 3.50. The fraction of sp³-hybridized carbons (Fsp3) is 0.167. The summed E-state index contributed by atoms with van der Waals surface area (Å²) in [5.41, 5.74) is 5.30. The molecule has 2 aromatic heterocycles. The lowest BCUT2D eigenvalue weighted by Crippen LogP contribution is -2.31. The highest BCUT2D eigenvalue weighted by atomic mass is 32.2. The van der Waals surface area contributed by atoms with E-state index in [0.717, 1.165) is 39.5 Å². The van der Waals surface area contributed by atoms with Crippen molar-refractivity contribution in [1.29, 1.82) is 0 Å². The van der Waals surface area contributed by atoms with E-state index in [4.69, 9.17) is 4.98 Å². The van der Waals surface area contributed by atoms with Gasteiger partial charge in [-0.25, -0.2) is 18.1 Å². The Hall–Kier alpha value is -3.29. The van der Waals surface area contributed by atoms with Crippen LogP contribution < -0.4 is 4.72 Å². The summed E-state index contributed by atoms with van der Waals surface area (Å²) < 4.78 is 27.1. The third-order valence-electron chi connectivity index (χ3n) is 4.72. The SMILES string of the molecule is CC(C)NS(=O)(=O)Cc1ccc(-c2nc(-c3ccccc3)[nH]c2-c2ccncc2)cc1. The van der Waals surface area contributed by atoms with Gasteiger partial charge in [0.05, 0.1) is 17.1 Å². The molecule has 4 aromatic rings. The largest absolute Gasteiger partial charge is 0.337 e. The minimum absolute atomic E-state index is 0.0570. The number of H-pyrrole nitrogens is 1. The van der Waals surface area contributed by atoms with E-state index < -0.39 is 10.0 Å². The highest BCUT2D eigenvalue weighted by molar-refractivity contribution is 7.88. The Bertz CT molecular complexity index is 1250. The lowest BCUT2D eigenvalue weighted by molar-refractivity contribution is 0.569. The molecule has 2 heterocycles. The van der Waals surface area contributed by atoms with Crippen LogP contribution in [0.3, 0.4) is 0 Å². The van der Waals surface area contributed by atoms with Crippen LogP contribution in [0.2, 0.25) is 0 Å². The third-order valence-corrected chi connectivity index (χ3v) is 6.26. The smallest absolute Gasteiger partial charge is 0.216 e. The number of rotatable bonds is 7. The molecule has 2 N–H and O–H groups in total. The van der Waals surface area contributed by atoms with Gasteiger partial charge in [0, 0.05) is 35.1 Å². The normalized spacial score (nSPS) is 11.7. The molecule has 31 heavy (non-hydrogen) atoms. The highest BCUT2D eigenvalue weighted by Crippen LogP contribution is 2.33. The van der Waals surface area contributed by atoms with Crippen LogP contribution in [0.15, 0.2) is 79.1 Å². The van der Waals surface area contributed by atoms with E-state index in [0.29, 0.717) is 0 Å². The standard InChI is InChI=1S/C24H24N4O2S/c1-17(2)28-31(29,30)16-18-8-10-19(11-9-18)22-23(20-12-14-25-15-13-20)27-24(26-22)21-6-4-3-5-7-21/h3-15,17,28H,16H2,1-2H3,(H,26,27). The topological polar surface area (TPSA) is 87.7 Å². The van der Waals surface area contributed by atoms with Crippen molar-refractivity contribution >= 4 is 10.0 Å². The molecular formula is C24H24N4O2S. The number of nitrogens with zero attached hydrogens (tertiary/aromatic N) is 2. The van der Waals surface area contributed by atoms with Crippen molar-refractivity contribution in [2.24, 2.45) is 0 Å². The summed E-state index contributed by atoms with van der Waals surface area (Å²) in [4.78, 5) is 12.4. The van der Waals surface area contributed by atoms with Gasteiger partial charge in [-0.2, -0.15) is 0 Å². The maximum atomic E-state index is 12.2. The summed E-state index contributed by atoms with van der Waals surface area (Å²) in [5.74, 6) is 0.716. The third kappa shape index (κ3) is 5.07. The van der Waals surface area contributed by atoms with Crippen LogP contribution >= 0.6 is 0 Å². The molecule has 7 heteroatoms. The number of aromatic nitrogens is 3. The second-order valence-corrected chi connectivity index (χ2v) is 9.39. The van der Waals surface area contributed by atoms with Gasteiger partial charge in [0.15, 0.2) is 0 Å². The van der Waals surface area contributed by atoms with Crippen LogP contribution in [-0.4, -0.2) is 29.4 Å². The molecule has 6 nitrogen and oxygen atoms in total. The first-order chi connectivity index (χ1) is 14.9. The fourth-order valence-electron chi connectivity index (χ4n) is 3.42. The van der Waals surface area contributed by atoms with E-state index in [-0.39, 0.29) is 11.8 Å². The molecule has 0 fully saturated rings. The molecular weight excluding hydrogens is 408 g/mol. The van der Waals surface area contributed by atoms with Gasteiger partial charge < -0.3 is 4.98 Å². The number of benzene rings is 2. The van der Waals surface area contributed by atoms with E-state index in [1.165, 1.54) is 0 Å². The number of aromatic amines is 1. The molecule has 0 saturated carbocycles. The number of pyridine rings is 1. The monoisotopic (exact) mass is 432 g/mol. The van der Waals surface area contributed by atoms with Gasteiger partial charge in [0.25, 0.3) is 0 Å². The van der Waals surface area contributed by atoms with E-state index in [1.807, 2.05) is 80.6 Å². The molecule has 0 aliphatic rings. The number of sulfonamides is 1. The van der Waals surface area contributed by atoms with Crippen LogP contribution in [0.5, 0.6) is 0 Å². The summed E-state index contributed by atoms with van der Waals surface area (Å²) >= 11 is 0. The van der Waals surface area contributed by atoms with Gasteiger partial charge in [-0.05, 0) is 31.5 Å². The van der Waals surface area contributed by atoms with Gasteiger partial charge in [0.2, 0.25) is 10.0 Å². The molecule has 0 unspecified atom stereocenters. The van der Waals surface area contributed by atoms with Crippen molar-refractivity contribution in [2.45, 2.75) is 25.6 Å². The van der Waals surface area contributed by atoms with Crippen molar-refractivity contribution in [3.05, 3.63) is 84.7 Å². The molecule has 0 atom stereocenters. The predicted octanol–water partition coefficient (Wildman–Crippen LogP) is 4.63. The summed E-state index contributed by atoms with van der Waals surface area (Å²) in [6, 6.07) is 21.2. The average Bonchev–Trinajstić information content (AvgIpc) is 3.20. The first kappa shape index (κ1) is 21.0. The first-order valence-corrected chi connectivity index (χ1v) is 11.7. The number of hydrogen-bond donors (Lipinski definition) is 2. The van der Waals surface area contributed by atoms with Crippen LogP contribution in [0, 0.1) is 0 Å². The molecule has 2 aromatic carbocycles. The molecule has 0 aliphatic heterocycles.